The van der Waals surface area contributed by atoms with Gasteiger partial charge in [0.15, 0.2) is 11.5 Å². The smallest absolute Gasteiger partial charge is 0.306 e. The minimum absolute atomic E-state index is 0.125. The summed E-state index contributed by atoms with van der Waals surface area (Å²) >= 11 is 0. The fourth-order valence-corrected chi connectivity index (χ4v) is 2.69. The Labute approximate surface area is 118 Å². The van der Waals surface area contributed by atoms with Gasteiger partial charge in [-0.1, -0.05) is 12.5 Å². The molecular weight excluding hydrogens is 258 g/mol. The molecule has 0 spiro atoms. The van der Waals surface area contributed by atoms with Crippen LogP contribution in [-0.4, -0.2) is 29.3 Å². The lowest BCUT2D eigenvalue weighted by Gasteiger charge is -2.27. The Morgan fingerprint density at radius 1 is 1.45 bits per heavy atom. The summed E-state index contributed by atoms with van der Waals surface area (Å²) in [4.78, 5) is 11.0. The Balaban J connectivity index is 1.90. The van der Waals surface area contributed by atoms with Crippen molar-refractivity contribution in [1.29, 1.82) is 0 Å². The van der Waals surface area contributed by atoms with Crippen LogP contribution < -0.4 is 10.1 Å². The van der Waals surface area contributed by atoms with Gasteiger partial charge in [0.1, 0.15) is 0 Å². The van der Waals surface area contributed by atoms with E-state index in [1.807, 2.05) is 6.07 Å². The number of nitrogens with one attached hydrogen (secondary N) is 1. The van der Waals surface area contributed by atoms with Crippen molar-refractivity contribution >= 4 is 5.97 Å². The molecule has 0 aliphatic heterocycles. The molecule has 20 heavy (non-hydrogen) atoms. The standard InChI is InChI=1S/C15H21NO4/c1-20-14-7-10(5-6-13(14)17)9-16-12-4-2-3-11(8-12)15(18)19/h5-7,11-12,16-17H,2-4,8-9H2,1H3,(H,18,19). The van der Waals surface area contributed by atoms with E-state index in [9.17, 15) is 9.90 Å². The predicted octanol–water partition coefficient (Wildman–Crippen LogP) is 2.13. The van der Waals surface area contributed by atoms with Crippen LogP contribution in [0.15, 0.2) is 18.2 Å². The molecule has 1 fully saturated rings. The van der Waals surface area contributed by atoms with E-state index in [0.717, 1.165) is 24.8 Å². The van der Waals surface area contributed by atoms with Gasteiger partial charge in [-0.05, 0) is 37.0 Å². The van der Waals surface area contributed by atoms with Crippen LogP contribution >= 0.6 is 0 Å². The molecule has 5 nitrogen and oxygen atoms in total. The summed E-state index contributed by atoms with van der Waals surface area (Å²) in [6.45, 7) is 0.646. The summed E-state index contributed by atoms with van der Waals surface area (Å²) in [5, 5.41) is 22.0. The third kappa shape index (κ3) is 3.63. The van der Waals surface area contributed by atoms with Crippen LogP contribution in [0.25, 0.3) is 0 Å². The van der Waals surface area contributed by atoms with Gasteiger partial charge in [0.05, 0.1) is 13.0 Å². The van der Waals surface area contributed by atoms with E-state index in [0.29, 0.717) is 18.7 Å². The second-order valence-electron chi connectivity index (χ2n) is 5.29. The molecule has 0 saturated heterocycles. The van der Waals surface area contributed by atoms with Crippen LogP contribution in [0.2, 0.25) is 0 Å². The van der Waals surface area contributed by atoms with Gasteiger partial charge >= 0.3 is 5.97 Å². The van der Waals surface area contributed by atoms with Crippen LogP contribution in [0.1, 0.15) is 31.2 Å². The minimum Gasteiger partial charge on any atom is -0.504 e. The van der Waals surface area contributed by atoms with Crippen molar-refractivity contribution in [2.75, 3.05) is 7.11 Å². The number of carboxylic acid groups (broad SMARTS) is 1. The molecule has 3 N–H and O–H groups in total. The number of hydrogen-bond donors (Lipinski definition) is 3. The maximum Gasteiger partial charge on any atom is 0.306 e. The van der Waals surface area contributed by atoms with E-state index >= 15 is 0 Å². The predicted molar refractivity (Wildman–Crippen MR) is 74.9 cm³/mol. The normalized spacial score (nSPS) is 22.4. The molecule has 1 saturated carbocycles. The van der Waals surface area contributed by atoms with Crippen molar-refractivity contribution in [3.63, 3.8) is 0 Å². The molecule has 1 aromatic carbocycles. The molecule has 0 bridgehead atoms. The van der Waals surface area contributed by atoms with Gasteiger partial charge < -0.3 is 20.3 Å². The first-order valence-electron chi connectivity index (χ1n) is 6.92. The molecule has 2 atom stereocenters. The lowest BCUT2D eigenvalue weighted by Crippen LogP contribution is -2.36. The number of phenols is 1. The maximum atomic E-state index is 11.0. The average molecular weight is 279 g/mol. The zero-order valence-corrected chi connectivity index (χ0v) is 11.6. The van der Waals surface area contributed by atoms with Crippen molar-refractivity contribution in [3.05, 3.63) is 23.8 Å². The minimum atomic E-state index is -0.692. The Bertz CT molecular complexity index is 475. The molecule has 110 valence electrons. The Kier molecular flexibility index (Phi) is 4.84. The van der Waals surface area contributed by atoms with Gasteiger partial charge in [-0.2, -0.15) is 0 Å². The monoisotopic (exact) mass is 279 g/mol. The Morgan fingerprint density at radius 2 is 2.25 bits per heavy atom. The third-order valence-corrected chi connectivity index (χ3v) is 3.86. The quantitative estimate of drug-likeness (QED) is 0.769. The largest absolute Gasteiger partial charge is 0.504 e. The van der Waals surface area contributed by atoms with Gasteiger partial charge in [0, 0.05) is 12.6 Å². The van der Waals surface area contributed by atoms with Gasteiger partial charge in [-0.25, -0.2) is 0 Å². The van der Waals surface area contributed by atoms with Gasteiger partial charge in [0.25, 0.3) is 0 Å². The van der Waals surface area contributed by atoms with Gasteiger partial charge in [-0.15, -0.1) is 0 Å². The lowest BCUT2D eigenvalue weighted by atomic mass is 9.86. The third-order valence-electron chi connectivity index (χ3n) is 3.86. The van der Waals surface area contributed by atoms with Crippen molar-refractivity contribution in [1.82, 2.24) is 5.32 Å². The summed E-state index contributed by atoms with van der Waals surface area (Å²) in [7, 11) is 1.52. The molecule has 0 radical (unpaired) electrons. The van der Waals surface area contributed by atoms with E-state index in [4.69, 9.17) is 9.84 Å². The molecule has 1 aliphatic carbocycles. The van der Waals surface area contributed by atoms with Crippen molar-refractivity contribution < 1.29 is 19.7 Å². The first-order valence-corrected chi connectivity index (χ1v) is 6.92. The van der Waals surface area contributed by atoms with Crippen LogP contribution in [0.5, 0.6) is 11.5 Å². The number of carbonyl (C=O) groups is 1. The zero-order valence-electron chi connectivity index (χ0n) is 11.6. The highest BCUT2D eigenvalue weighted by atomic mass is 16.5. The molecule has 1 aromatic rings. The molecular formula is C15H21NO4. The molecule has 0 aromatic heterocycles. The molecule has 5 heteroatoms. The van der Waals surface area contributed by atoms with Crippen LogP contribution in [0.4, 0.5) is 0 Å². The number of benzene rings is 1. The van der Waals surface area contributed by atoms with E-state index in [1.54, 1.807) is 12.1 Å². The molecule has 0 heterocycles. The highest BCUT2D eigenvalue weighted by molar-refractivity contribution is 5.70. The number of hydrogen-bond acceptors (Lipinski definition) is 4. The van der Waals surface area contributed by atoms with Crippen molar-refractivity contribution in [2.45, 2.75) is 38.3 Å². The number of rotatable bonds is 5. The summed E-state index contributed by atoms with van der Waals surface area (Å²) < 4.78 is 5.07. The highest BCUT2D eigenvalue weighted by Gasteiger charge is 2.26. The average Bonchev–Trinajstić information content (AvgIpc) is 2.46. The topological polar surface area (TPSA) is 78.8 Å². The van der Waals surface area contributed by atoms with Gasteiger partial charge in [-0.3, -0.25) is 4.79 Å². The fourth-order valence-electron chi connectivity index (χ4n) is 2.69. The number of phenolic OH excluding ortho intramolecular Hbond substituents is 1. The number of aromatic hydroxyl groups is 1. The lowest BCUT2D eigenvalue weighted by molar-refractivity contribution is -0.143. The van der Waals surface area contributed by atoms with Gasteiger partial charge in [0.2, 0.25) is 0 Å². The SMILES string of the molecule is COc1cc(CNC2CCCC(C(=O)O)C2)ccc1O. The number of aliphatic carboxylic acids is 1. The summed E-state index contributed by atoms with van der Waals surface area (Å²) in [6, 6.07) is 5.48. The Morgan fingerprint density at radius 3 is 2.95 bits per heavy atom. The summed E-state index contributed by atoms with van der Waals surface area (Å²) in [6.07, 6.45) is 3.43. The van der Waals surface area contributed by atoms with Crippen LogP contribution in [-0.2, 0) is 11.3 Å². The molecule has 0 amide bonds. The molecule has 2 rings (SSSR count). The second-order valence-corrected chi connectivity index (χ2v) is 5.29. The summed E-state index contributed by atoms with van der Waals surface area (Å²) in [5.41, 5.74) is 1.01. The fraction of sp³-hybridized carbons (Fsp3) is 0.533. The van der Waals surface area contributed by atoms with E-state index in [-0.39, 0.29) is 17.7 Å². The number of carboxylic acids is 1. The maximum absolute atomic E-state index is 11.0. The van der Waals surface area contributed by atoms with Crippen molar-refractivity contribution in [3.8, 4) is 11.5 Å². The van der Waals surface area contributed by atoms with E-state index in [2.05, 4.69) is 5.32 Å². The summed E-state index contributed by atoms with van der Waals surface area (Å²) in [5.74, 6) is -0.338. The molecule has 1 aliphatic rings. The molecule has 2 unspecified atom stereocenters. The van der Waals surface area contributed by atoms with Crippen LogP contribution in [0, 0.1) is 5.92 Å². The number of methoxy groups -OCH3 is 1. The second kappa shape index (κ2) is 6.61. The highest BCUT2D eigenvalue weighted by Crippen LogP contribution is 2.27. The zero-order chi connectivity index (χ0) is 14.5. The number of ether oxygens (including phenoxy) is 1. The van der Waals surface area contributed by atoms with E-state index < -0.39 is 5.97 Å². The van der Waals surface area contributed by atoms with Crippen LogP contribution in [0.3, 0.4) is 0 Å². The van der Waals surface area contributed by atoms with Crippen molar-refractivity contribution in [2.24, 2.45) is 5.92 Å². The first-order chi connectivity index (χ1) is 9.60. The first kappa shape index (κ1) is 14.7. The van der Waals surface area contributed by atoms with E-state index in [1.165, 1.54) is 7.11 Å². The Hall–Kier alpha value is -1.75.